The lowest BCUT2D eigenvalue weighted by molar-refractivity contribution is -0.137. The zero-order valence-corrected chi connectivity index (χ0v) is 13.1. The average Bonchev–Trinajstić information content (AvgIpc) is 2.54. The highest BCUT2D eigenvalue weighted by molar-refractivity contribution is 5.94. The third-order valence-electron chi connectivity index (χ3n) is 3.48. The number of benzene rings is 2. The van der Waals surface area contributed by atoms with Gasteiger partial charge < -0.3 is 15.2 Å². The highest BCUT2D eigenvalue weighted by atomic mass is 16.5. The maximum absolute atomic E-state index is 12.4. The number of carbonyl (C=O) groups excluding carboxylic acids is 1. The Labute approximate surface area is 134 Å². The van der Waals surface area contributed by atoms with Gasteiger partial charge in [0.15, 0.2) is 0 Å². The van der Waals surface area contributed by atoms with Crippen molar-refractivity contribution in [2.24, 2.45) is 0 Å². The molecule has 2 aromatic carbocycles. The van der Waals surface area contributed by atoms with Crippen LogP contribution in [0.3, 0.4) is 0 Å². The molecule has 0 heterocycles. The Morgan fingerprint density at radius 1 is 1.17 bits per heavy atom. The van der Waals surface area contributed by atoms with E-state index in [1.807, 2.05) is 13.0 Å². The summed E-state index contributed by atoms with van der Waals surface area (Å²) in [5.41, 5.74) is 2.19. The number of rotatable bonds is 6. The second-order valence-corrected chi connectivity index (χ2v) is 5.27. The monoisotopic (exact) mass is 313 g/mol. The fraction of sp³-hybridized carbons (Fsp3) is 0.222. The van der Waals surface area contributed by atoms with Crippen molar-refractivity contribution < 1.29 is 19.4 Å². The maximum atomic E-state index is 12.4. The van der Waals surface area contributed by atoms with E-state index in [1.54, 1.807) is 49.6 Å². The molecule has 0 radical (unpaired) electrons. The van der Waals surface area contributed by atoms with Crippen molar-refractivity contribution in [2.45, 2.75) is 19.4 Å². The van der Waals surface area contributed by atoms with E-state index in [0.717, 1.165) is 5.56 Å². The van der Waals surface area contributed by atoms with Crippen LogP contribution in [0, 0.1) is 6.92 Å². The highest BCUT2D eigenvalue weighted by Gasteiger charge is 2.19. The van der Waals surface area contributed by atoms with Crippen LogP contribution >= 0.6 is 0 Å². The Bertz CT molecular complexity index is 694. The molecule has 23 heavy (non-hydrogen) atoms. The van der Waals surface area contributed by atoms with Crippen LogP contribution < -0.4 is 10.1 Å². The zero-order valence-electron chi connectivity index (χ0n) is 13.1. The van der Waals surface area contributed by atoms with E-state index >= 15 is 0 Å². The van der Waals surface area contributed by atoms with Crippen LogP contribution in [0.4, 0.5) is 0 Å². The highest BCUT2D eigenvalue weighted by Crippen LogP contribution is 2.21. The molecule has 0 aliphatic carbocycles. The summed E-state index contributed by atoms with van der Waals surface area (Å²) in [4.78, 5) is 23.5. The molecule has 0 saturated heterocycles. The van der Waals surface area contributed by atoms with Crippen molar-refractivity contribution in [1.29, 1.82) is 0 Å². The van der Waals surface area contributed by atoms with E-state index < -0.39 is 12.0 Å². The Kier molecular flexibility index (Phi) is 5.36. The van der Waals surface area contributed by atoms with Gasteiger partial charge in [0, 0.05) is 5.56 Å². The van der Waals surface area contributed by atoms with Gasteiger partial charge >= 0.3 is 5.97 Å². The number of carboxylic acids is 1. The Morgan fingerprint density at radius 3 is 2.43 bits per heavy atom. The predicted octanol–water partition coefficient (Wildman–Crippen LogP) is 2.95. The first kappa shape index (κ1) is 16.5. The molecule has 1 unspecified atom stereocenters. The Hall–Kier alpha value is -2.82. The van der Waals surface area contributed by atoms with Gasteiger partial charge in [-0.2, -0.15) is 0 Å². The van der Waals surface area contributed by atoms with Crippen LogP contribution in [-0.2, 0) is 4.79 Å². The minimum atomic E-state index is -0.977. The zero-order chi connectivity index (χ0) is 16.8. The molecule has 0 spiro atoms. The number of aliphatic carboxylic acids is 1. The van der Waals surface area contributed by atoms with Crippen molar-refractivity contribution >= 4 is 11.9 Å². The van der Waals surface area contributed by atoms with Crippen LogP contribution in [0.1, 0.15) is 33.9 Å². The molecule has 0 saturated carbocycles. The van der Waals surface area contributed by atoms with Gasteiger partial charge in [0.05, 0.1) is 19.6 Å². The maximum Gasteiger partial charge on any atom is 0.305 e. The second kappa shape index (κ2) is 7.45. The smallest absolute Gasteiger partial charge is 0.305 e. The summed E-state index contributed by atoms with van der Waals surface area (Å²) in [7, 11) is 1.56. The van der Waals surface area contributed by atoms with Gasteiger partial charge in [0.25, 0.3) is 5.91 Å². The number of carbonyl (C=O) groups is 2. The first-order chi connectivity index (χ1) is 11.0. The molecule has 2 N–H and O–H groups in total. The molecule has 5 nitrogen and oxygen atoms in total. The van der Waals surface area contributed by atoms with Crippen LogP contribution in [0.15, 0.2) is 48.5 Å². The van der Waals surface area contributed by atoms with Crippen molar-refractivity contribution in [3.63, 3.8) is 0 Å². The number of carboxylic acid groups (broad SMARTS) is 1. The first-order valence-corrected chi connectivity index (χ1v) is 7.23. The lowest BCUT2D eigenvalue weighted by Gasteiger charge is -2.18. The number of aryl methyl sites for hydroxylation is 1. The number of ether oxygens (including phenoxy) is 1. The van der Waals surface area contributed by atoms with Gasteiger partial charge in [0.2, 0.25) is 0 Å². The molecule has 0 bridgehead atoms. The molecule has 5 heteroatoms. The van der Waals surface area contributed by atoms with Gasteiger partial charge in [-0.05, 0) is 36.8 Å². The average molecular weight is 313 g/mol. The normalized spacial score (nSPS) is 11.6. The molecule has 1 amide bonds. The standard InChI is InChI=1S/C18H19NO4/c1-12-4-3-5-14(10-12)18(22)19-16(11-17(20)21)13-6-8-15(23-2)9-7-13/h3-10,16H,11H2,1-2H3,(H,19,22)(H,20,21). The molecule has 120 valence electrons. The molecule has 0 aromatic heterocycles. The molecule has 2 aromatic rings. The number of amides is 1. The van der Waals surface area contributed by atoms with Crippen molar-refractivity contribution in [2.75, 3.05) is 7.11 Å². The van der Waals surface area contributed by atoms with Crippen LogP contribution in [0.5, 0.6) is 5.75 Å². The Morgan fingerprint density at radius 2 is 1.87 bits per heavy atom. The largest absolute Gasteiger partial charge is 0.497 e. The molecule has 0 aliphatic rings. The third kappa shape index (κ3) is 4.57. The molecule has 1 atom stereocenters. The quantitative estimate of drug-likeness (QED) is 0.859. The summed E-state index contributed by atoms with van der Waals surface area (Å²) in [6.45, 7) is 1.90. The topological polar surface area (TPSA) is 75.6 Å². The van der Waals surface area contributed by atoms with E-state index in [0.29, 0.717) is 16.9 Å². The first-order valence-electron chi connectivity index (χ1n) is 7.23. The number of hydrogen-bond donors (Lipinski definition) is 2. The SMILES string of the molecule is COc1ccc(C(CC(=O)O)NC(=O)c2cccc(C)c2)cc1. The van der Waals surface area contributed by atoms with E-state index in [1.165, 1.54) is 0 Å². The van der Waals surface area contributed by atoms with Crippen LogP contribution in [0.2, 0.25) is 0 Å². The van der Waals surface area contributed by atoms with Crippen molar-refractivity contribution in [3.8, 4) is 5.75 Å². The molecule has 2 rings (SSSR count). The summed E-state index contributed by atoms with van der Waals surface area (Å²) in [6.07, 6.45) is -0.191. The van der Waals surface area contributed by atoms with Gasteiger partial charge in [-0.3, -0.25) is 9.59 Å². The minimum absolute atomic E-state index is 0.191. The van der Waals surface area contributed by atoms with Crippen molar-refractivity contribution in [3.05, 3.63) is 65.2 Å². The summed E-state index contributed by atoms with van der Waals surface area (Å²) >= 11 is 0. The predicted molar refractivity (Wildman–Crippen MR) is 86.6 cm³/mol. The van der Waals surface area contributed by atoms with Gasteiger partial charge in [0.1, 0.15) is 5.75 Å². The molecule has 0 fully saturated rings. The summed E-state index contributed by atoms with van der Waals surface area (Å²) in [5.74, 6) is -0.598. The van der Waals surface area contributed by atoms with Gasteiger partial charge in [-0.15, -0.1) is 0 Å². The summed E-state index contributed by atoms with van der Waals surface area (Å²) < 4.78 is 5.09. The summed E-state index contributed by atoms with van der Waals surface area (Å²) in [5, 5.41) is 11.9. The lowest BCUT2D eigenvalue weighted by atomic mass is 10.0. The fourth-order valence-electron chi connectivity index (χ4n) is 2.29. The van der Waals surface area contributed by atoms with Gasteiger partial charge in [-0.25, -0.2) is 0 Å². The number of hydrogen-bond acceptors (Lipinski definition) is 3. The molecular weight excluding hydrogens is 294 g/mol. The molecular formula is C18H19NO4. The lowest BCUT2D eigenvalue weighted by Crippen LogP contribution is -2.30. The number of nitrogens with one attached hydrogen (secondary N) is 1. The Balaban J connectivity index is 2.20. The van der Waals surface area contributed by atoms with Crippen molar-refractivity contribution in [1.82, 2.24) is 5.32 Å². The molecule has 0 aliphatic heterocycles. The third-order valence-corrected chi connectivity index (χ3v) is 3.48. The van der Waals surface area contributed by atoms with E-state index in [-0.39, 0.29) is 12.3 Å². The fourth-order valence-corrected chi connectivity index (χ4v) is 2.29. The minimum Gasteiger partial charge on any atom is -0.497 e. The van der Waals surface area contributed by atoms with E-state index in [9.17, 15) is 9.59 Å². The second-order valence-electron chi connectivity index (χ2n) is 5.27. The van der Waals surface area contributed by atoms with E-state index in [2.05, 4.69) is 5.32 Å². The van der Waals surface area contributed by atoms with Crippen LogP contribution in [-0.4, -0.2) is 24.1 Å². The van der Waals surface area contributed by atoms with Gasteiger partial charge in [-0.1, -0.05) is 29.8 Å². The van der Waals surface area contributed by atoms with Crippen LogP contribution in [0.25, 0.3) is 0 Å². The van der Waals surface area contributed by atoms with E-state index in [4.69, 9.17) is 9.84 Å². The summed E-state index contributed by atoms with van der Waals surface area (Å²) in [6, 6.07) is 13.5. The number of methoxy groups -OCH3 is 1.